The Morgan fingerprint density at radius 2 is 1.79 bits per heavy atom. The van der Waals surface area contributed by atoms with E-state index >= 15 is 0 Å². The zero-order chi connectivity index (χ0) is 14.6. The molecule has 0 saturated heterocycles. The van der Waals surface area contributed by atoms with Gasteiger partial charge >= 0.3 is 11.9 Å². The second-order valence-electron chi connectivity index (χ2n) is 5.23. The van der Waals surface area contributed by atoms with Crippen LogP contribution in [-0.4, -0.2) is 22.6 Å². The highest BCUT2D eigenvalue weighted by molar-refractivity contribution is 5.83. The Bertz CT molecular complexity index is 459. The summed E-state index contributed by atoms with van der Waals surface area (Å²) in [5.74, 6) is -3.22. The van der Waals surface area contributed by atoms with E-state index in [9.17, 15) is 14.0 Å². The molecule has 0 aliphatic rings. The van der Waals surface area contributed by atoms with E-state index in [2.05, 4.69) is 0 Å². The second kappa shape index (κ2) is 5.82. The van der Waals surface area contributed by atoms with Crippen LogP contribution in [0.15, 0.2) is 24.3 Å². The number of carboxylic acid groups (broad SMARTS) is 1. The van der Waals surface area contributed by atoms with Crippen molar-refractivity contribution in [2.75, 3.05) is 0 Å². The van der Waals surface area contributed by atoms with Crippen molar-refractivity contribution in [1.29, 1.82) is 0 Å². The van der Waals surface area contributed by atoms with Gasteiger partial charge in [0, 0.05) is 0 Å². The Labute approximate surface area is 111 Å². The molecule has 0 unspecified atom stereocenters. The van der Waals surface area contributed by atoms with E-state index in [4.69, 9.17) is 9.84 Å². The zero-order valence-electron chi connectivity index (χ0n) is 11.1. The molecule has 1 rings (SSSR count). The Hall–Kier alpha value is -1.91. The molecule has 0 amide bonds. The third-order valence-corrected chi connectivity index (χ3v) is 2.36. The maximum atomic E-state index is 12.8. The number of hydrogen-bond donors (Lipinski definition) is 1. The lowest BCUT2D eigenvalue weighted by molar-refractivity contribution is -0.158. The Kier molecular flexibility index (Phi) is 4.64. The molecule has 0 aliphatic carbocycles. The summed E-state index contributed by atoms with van der Waals surface area (Å²) in [6.07, 6.45) is -0.280. The first-order chi connectivity index (χ1) is 8.69. The van der Waals surface area contributed by atoms with Crippen molar-refractivity contribution in [1.82, 2.24) is 0 Å². The van der Waals surface area contributed by atoms with Crippen molar-refractivity contribution in [2.45, 2.75) is 38.7 Å². The van der Waals surface area contributed by atoms with Crippen molar-refractivity contribution >= 4 is 11.9 Å². The predicted molar refractivity (Wildman–Crippen MR) is 67.2 cm³/mol. The summed E-state index contributed by atoms with van der Waals surface area (Å²) in [7, 11) is 0. The van der Waals surface area contributed by atoms with Gasteiger partial charge in [0.15, 0.2) is 0 Å². The number of hydrogen-bond acceptors (Lipinski definition) is 3. The minimum absolute atomic E-state index is 0.280. The van der Waals surface area contributed by atoms with Crippen molar-refractivity contribution in [3.8, 4) is 0 Å². The quantitative estimate of drug-likeness (QED) is 0.853. The number of rotatable bonds is 4. The molecule has 1 aromatic carbocycles. The summed E-state index contributed by atoms with van der Waals surface area (Å²) in [5.41, 5.74) is -0.289. The Balaban J connectivity index is 2.82. The Morgan fingerprint density at radius 1 is 1.26 bits per heavy atom. The summed E-state index contributed by atoms with van der Waals surface area (Å²) in [5, 5.41) is 9.14. The molecule has 0 saturated carbocycles. The van der Waals surface area contributed by atoms with Crippen LogP contribution in [0, 0.1) is 5.82 Å². The average Bonchev–Trinajstić information content (AvgIpc) is 2.24. The maximum absolute atomic E-state index is 12.8. The van der Waals surface area contributed by atoms with Gasteiger partial charge in [-0.1, -0.05) is 12.1 Å². The Morgan fingerprint density at radius 3 is 2.21 bits per heavy atom. The summed E-state index contributed by atoms with van der Waals surface area (Å²) in [6, 6.07) is 5.05. The molecule has 5 heteroatoms. The van der Waals surface area contributed by atoms with Crippen LogP contribution in [0.2, 0.25) is 0 Å². The first-order valence-corrected chi connectivity index (χ1v) is 5.89. The molecule has 0 heterocycles. The third-order valence-electron chi connectivity index (χ3n) is 2.36. The fourth-order valence-corrected chi connectivity index (χ4v) is 1.59. The lowest BCUT2D eigenvalue weighted by Crippen LogP contribution is -2.26. The molecule has 1 atom stereocenters. The van der Waals surface area contributed by atoms with Crippen molar-refractivity contribution in [3.05, 3.63) is 35.6 Å². The number of carbonyl (C=O) groups excluding carboxylic acids is 1. The predicted octanol–water partition coefficient (Wildman–Crippen LogP) is 2.73. The van der Waals surface area contributed by atoms with Gasteiger partial charge in [0.25, 0.3) is 0 Å². The summed E-state index contributed by atoms with van der Waals surface area (Å²) < 4.78 is 17.9. The van der Waals surface area contributed by atoms with Gasteiger partial charge in [-0.05, 0) is 38.5 Å². The first-order valence-electron chi connectivity index (χ1n) is 5.89. The normalized spacial score (nSPS) is 12.8. The molecule has 0 fully saturated rings. The molecular formula is C14H17FO4. The van der Waals surface area contributed by atoms with Gasteiger partial charge < -0.3 is 9.84 Å². The minimum atomic E-state index is -1.14. The zero-order valence-corrected chi connectivity index (χ0v) is 11.1. The van der Waals surface area contributed by atoms with Gasteiger partial charge in [-0.15, -0.1) is 0 Å². The van der Waals surface area contributed by atoms with Crippen LogP contribution in [0.1, 0.15) is 38.7 Å². The van der Waals surface area contributed by atoms with Gasteiger partial charge in [-0.2, -0.15) is 0 Å². The van der Waals surface area contributed by atoms with E-state index in [1.807, 2.05) is 0 Å². The summed E-state index contributed by atoms with van der Waals surface area (Å²) in [6.45, 7) is 5.12. The van der Waals surface area contributed by atoms with E-state index in [-0.39, 0.29) is 6.42 Å². The molecule has 0 radical (unpaired) electrons. The lowest BCUT2D eigenvalue weighted by atomic mass is 9.96. The fourth-order valence-electron chi connectivity index (χ4n) is 1.59. The summed E-state index contributed by atoms with van der Waals surface area (Å²) in [4.78, 5) is 22.8. The number of halogens is 1. The van der Waals surface area contributed by atoms with E-state index in [0.717, 1.165) is 0 Å². The molecule has 4 nitrogen and oxygen atoms in total. The lowest BCUT2D eigenvalue weighted by Gasteiger charge is -2.21. The number of ether oxygens (including phenoxy) is 1. The van der Waals surface area contributed by atoms with Crippen LogP contribution in [0.25, 0.3) is 0 Å². The average molecular weight is 268 g/mol. The number of benzene rings is 1. The van der Waals surface area contributed by atoms with Crippen LogP contribution in [0.3, 0.4) is 0 Å². The number of aliphatic carboxylic acids is 1. The number of carbonyl (C=O) groups is 2. The van der Waals surface area contributed by atoms with Gasteiger partial charge in [-0.25, -0.2) is 4.39 Å². The van der Waals surface area contributed by atoms with Gasteiger partial charge in [-0.3, -0.25) is 9.59 Å². The molecule has 0 spiro atoms. The van der Waals surface area contributed by atoms with Gasteiger partial charge in [0.2, 0.25) is 0 Å². The molecule has 104 valence electrons. The smallest absolute Gasteiger partial charge is 0.311 e. The summed E-state index contributed by atoms with van der Waals surface area (Å²) >= 11 is 0. The molecular weight excluding hydrogens is 251 g/mol. The van der Waals surface area contributed by atoms with E-state index in [0.29, 0.717) is 5.56 Å². The topological polar surface area (TPSA) is 63.6 Å². The molecule has 0 aromatic heterocycles. The van der Waals surface area contributed by atoms with Crippen LogP contribution in [0.4, 0.5) is 4.39 Å². The highest BCUT2D eigenvalue weighted by Gasteiger charge is 2.26. The maximum Gasteiger partial charge on any atom is 0.311 e. The van der Waals surface area contributed by atoms with Gasteiger partial charge in [0.1, 0.15) is 11.4 Å². The fraction of sp³-hybridized carbons (Fsp3) is 0.429. The highest BCUT2D eigenvalue weighted by atomic mass is 19.1. The van der Waals surface area contributed by atoms with E-state index in [1.165, 1.54) is 24.3 Å². The van der Waals surface area contributed by atoms with Crippen molar-refractivity contribution in [2.24, 2.45) is 0 Å². The molecule has 0 bridgehead atoms. The number of esters is 1. The standard InChI is InChI=1S/C14H17FO4/c1-14(2,3)19-12(16)8-11(13(17)18)9-4-6-10(15)7-5-9/h4-7,11H,8H2,1-3H3,(H,17,18)/t11-/m0/s1. The van der Waals surface area contributed by atoms with Crippen molar-refractivity contribution < 1.29 is 23.8 Å². The highest BCUT2D eigenvalue weighted by Crippen LogP contribution is 2.22. The molecule has 19 heavy (non-hydrogen) atoms. The molecule has 1 aromatic rings. The largest absolute Gasteiger partial charge is 0.481 e. The van der Waals surface area contributed by atoms with E-state index < -0.39 is 29.3 Å². The minimum Gasteiger partial charge on any atom is -0.481 e. The second-order valence-corrected chi connectivity index (χ2v) is 5.23. The monoisotopic (exact) mass is 268 g/mol. The molecule has 0 aliphatic heterocycles. The third kappa shape index (κ3) is 5.07. The first kappa shape index (κ1) is 15.1. The van der Waals surface area contributed by atoms with Crippen LogP contribution < -0.4 is 0 Å². The van der Waals surface area contributed by atoms with Crippen molar-refractivity contribution in [3.63, 3.8) is 0 Å². The van der Waals surface area contributed by atoms with Crippen LogP contribution in [-0.2, 0) is 14.3 Å². The van der Waals surface area contributed by atoms with E-state index in [1.54, 1.807) is 20.8 Å². The molecule has 1 N–H and O–H groups in total. The van der Waals surface area contributed by atoms with Crippen LogP contribution in [0.5, 0.6) is 0 Å². The SMILES string of the molecule is CC(C)(C)OC(=O)C[C@H](C(=O)O)c1ccc(F)cc1. The van der Waals surface area contributed by atoms with Crippen LogP contribution >= 0.6 is 0 Å². The van der Waals surface area contributed by atoms with Gasteiger partial charge in [0.05, 0.1) is 12.3 Å². The number of carboxylic acids is 1.